The number of ether oxygens (including phenoxy) is 2. The molecule has 1 saturated carbocycles. The Bertz CT molecular complexity index is 1710. The number of carbonyl (C=O) groups is 1. The summed E-state index contributed by atoms with van der Waals surface area (Å²) in [6.45, 7) is 4.70. The third kappa shape index (κ3) is 5.26. The number of rotatable bonds is 7. The zero-order valence-electron chi connectivity index (χ0n) is 22.7. The van der Waals surface area contributed by atoms with Gasteiger partial charge in [-0.05, 0) is 71.9 Å². The number of aryl methyl sites for hydroxylation is 1. The molecule has 6 nitrogen and oxygen atoms in total. The van der Waals surface area contributed by atoms with Gasteiger partial charge >= 0.3 is 0 Å². The molecule has 2 unspecified atom stereocenters. The fraction of sp³-hybridized carbons (Fsp3) is 0.323. The zero-order chi connectivity index (χ0) is 29.0. The molecule has 4 aromatic rings. The summed E-state index contributed by atoms with van der Waals surface area (Å²) in [4.78, 5) is 22.8. The van der Waals surface area contributed by atoms with E-state index in [-0.39, 0.29) is 28.3 Å². The van der Waals surface area contributed by atoms with Crippen molar-refractivity contribution in [1.29, 1.82) is 0 Å². The standard InChI is InChI=1S/C31H27BrClF2N3O3/c1-14-13-41-30-19(14)10-26(38-29(30)20-9-23(33)25(35)11-24(20)34)21(16-4-5-16)12-36-31(39)18-6-17-7-22(32)15(2)37-28(17)27(8-18)40-3/h6-11,14,16,21H,4-5,12-13H2,1-3H3,(H,36,39). The van der Waals surface area contributed by atoms with Crippen LogP contribution in [-0.2, 0) is 0 Å². The molecule has 0 spiro atoms. The summed E-state index contributed by atoms with van der Waals surface area (Å²) < 4.78 is 41.2. The average Bonchev–Trinajstić information content (AvgIpc) is 3.72. The summed E-state index contributed by atoms with van der Waals surface area (Å²) >= 11 is 9.54. The number of benzene rings is 2. The molecule has 2 aromatic heterocycles. The van der Waals surface area contributed by atoms with Crippen molar-refractivity contribution in [3.8, 4) is 22.8 Å². The molecule has 10 heteroatoms. The lowest BCUT2D eigenvalue weighted by atomic mass is 9.93. The number of aromatic nitrogens is 2. The van der Waals surface area contributed by atoms with Crippen LogP contribution in [0.5, 0.6) is 11.5 Å². The number of fused-ring (bicyclic) bond motifs is 2. The van der Waals surface area contributed by atoms with E-state index in [9.17, 15) is 13.6 Å². The van der Waals surface area contributed by atoms with Crippen LogP contribution in [0.25, 0.3) is 22.2 Å². The van der Waals surface area contributed by atoms with Crippen molar-refractivity contribution in [3.05, 3.63) is 80.0 Å². The van der Waals surface area contributed by atoms with Crippen LogP contribution in [0.2, 0.25) is 5.02 Å². The number of nitrogens with one attached hydrogen (secondary N) is 1. The molecule has 2 atom stereocenters. The number of hydrogen-bond donors (Lipinski definition) is 1. The van der Waals surface area contributed by atoms with Crippen molar-refractivity contribution in [2.24, 2.45) is 5.92 Å². The number of carbonyl (C=O) groups excluding carboxylic acids is 1. The topological polar surface area (TPSA) is 73.3 Å². The van der Waals surface area contributed by atoms with E-state index in [1.807, 2.05) is 26.0 Å². The van der Waals surface area contributed by atoms with Crippen LogP contribution in [0.4, 0.5) is 8.78 Å². The van der Waals surface area contributed by atoms with Gasteiger partial charge in [-0.2, -0.15) is 0 Å². The molecule has 6 rings (SSSR count). The summed E-state index contributed by atoms with van der Waals surface area (Å²) in [7, 11) is 1.55. The molecule has 1 amide bonds. The molecule has 2 aromatic carbocycles. The van der Waals surface area contributed by atoms with E-state index in [1.54, 1.807) is 19.2 Å². The molecule has 212 valence electrons. The Morgan fingerprint density at radius 3 is 2.68 bits per heavy atom. The molecule has 41 heavy (non-hydrogen) atoms. The SMILES string of the molecule is COc1cc(C(=O)NCC(c2cc3c(c(-c4cc(Cl)c(F)cc4F)n2)OCC3C)C2CC2)cc2cc(Br)c(C)nc12. The second kappa shape index (κ2) is 10.8. The fourth-order valence-electron chi connectivity index (χ4n) is 5.39. The minimum atomic E-state index is -0.836. The molecule has 2 aliphatic rings. The Labute approximate surface area is 249 Å². The van der Waals surface area contributed by atoms with Crippen molar-refractivity contribution in [1.82, 2.24) is 15.3 Å². The normalized spacial score (nSPS) is 16.8. The highest BCUT2D eigenvalue weighted by Crippen LogP contribution is 2.47. The van der Waals surface area contributed by atoms with Crippen molar-refractivity contribution in [2.45, 2.75) is 38.5 Å². The second-order valence-corrected chi connectivity index (χ2v) is 12.0. The first-order valence-corrected chi connectivity index (χ1v) is 14.6. The van der Waals surface area contributed by atoms with Gasteiger partial charge in [0.05, 0.1) is 24.4 Å². The van der Waals surface area contributed by atoms with Gasteiger partial charge in [-0.25, -0.2) is 18.7 Å². The Morgan fingerprint density at radius 1 is 1.17 bits per heavy atom. The van der Waals surface area contributed by atoms with Gasteiger partial charge in [-0.15, -0.1) is 0 Å². The van der Waals surface area contributed by atoms with Crippen LogP contribution in [-0.4, -0.2) is 36.1 Å². The third-order valence-corrected chi connectivity index (χ3v) is 8.93. The van der Waals surface area contributed by atoms with E-state index < -0.39 is 11.6 Å². The van der Waals surface area contributed by atoms with Crippen LogP contribution in [0, 0.1) is 24.5 Å². The number of amides is 1. The smallest absolute Gasteiger partial charge is 0.251 e. The van der Waals surface area contributed by atoms with Gasteiger partial charge in [0.1, 0.15) is 34.3 Å². The van der Waals surface area contributed by atoms with Gasteiger partial charge in [0.25, 0.3) is 5.91 Å². The lowest BCUT2D eigenvalue weighted by molar-refractivity contribution is 0.0950. The first-order chi connectivity index (χ1) is 19.6. The van der Waals surface area contributed by atoms with E-state index in [1.165, 1.54) is 6.07 Å². The molecule has 0 saturated heterocycles. The number of pyridine rings is 2. The van der Waals surface area contributed by atoms with Crippen molar-refractivity contribution < 1.29 is 23.0 Å². The van der Waals surface area contributed by atoms with E-state index in [0.717, 1.165) is 45.7 Å². The largest absolute Gasteiger partial charge is 0.494 e. The van der Waals surface area contributed by atoms with Gasteiger partial charge in [-0.1, -0.05) is 18.5 Å². The number of hydrogen-bond acceptors (Lipinski definition) is 5. The quantitative estimate of drug-likeness (QED) is 0.209. The highest BCUT2D eigenvalue weighted by atomic mass is 79.9. The molecular weight excluding hydrogens is 616 g/mol. The van der Waals surface area contributed by atoms with E-state index in [2.05, 4.69) is 26.2 Å². The molecule has 1 fully saturated rings. The lowest BCUT2D eigenvalue weighted by Crippen LogP contribution is -2.29. The van der Waals surface area contributed by atoms with Crippen molar-refractivity contribution >= 4 is 44.3 Å². The van der Waals surface area contributed by atoms with Gasteiger partial charge < -0.3 is 14.8 Å². The maximum absolute atomic E-state index is 15.0. The average molecular weight is 643 g/mol. The summed E-state index contributed by atoms with van der Waals surface area (Å²) in [5.41, 5.74) is 3.98. The number of nitrogens with zero attached hydrogens (tertiary/aromatic N) is 2. The summed E-state index contributed by atoms with van der Waals surface area (Å²) in [6, 6.07) is 9.42. The van der Waals surface area contributed by atoms with Crippen molar-refractivity contribution in [3.63, 3.8) is 0 Å². The molecule has 1 N–H and O–H groups in total. The molecule has 3 heterocycles. The third-order valence-electron chi connectivity index (χ3n) is 7.84. The Kier molecular flexibility index (Phi) is 7.36. The molecule has 0 bridgehead atoms. The van der Waals surface area contributed by atoms with Gasteiger partial charge in [-0.3, -0.25) is 4.79 Å². The Balaban J connectivity index is 1.33. The maximum Gasteiger partial charge on any atom is 0.251 e. The first-order valence-electron chi connectivity index (χ1n) is 13.4. The lowest BCUT2D eigenvalue weighted by Gasteiger charge is -2.20. The Hall–Kier alpha value is -3.30. The molecule has 1 aliphatic carbocycles. The predicted octanol–water partition coefficient (Wildman–Crippen LogP) is 7.73. The van der Waals surface area contributed by atoms with E-state index in [4.69, 9.17) is 26.1 Å². The van der Waals surface area contributed by atoms with Crippen LogP contribution in [0.3, 0.4) is 0 Å². The van der Waals surface area contributed by atoms with Crippen LogP contribution in [0.1, 0.15) is 58.9 Å². The summed E-state index contributed by atoms with van der Waals surface area (Å²) in [5, 5.41) is 3.67. The summed E-state index contributed by atoms with van der Waals surface area (Å²) in [5.74, 6) is -0.558. The molecule has 1 aliphatic heterocycles. The van der Waals surface area contributed by atoms with Gasteiger partial charge in [0.15, 0.2) is 0 Å². The minimum absolute atomic E-state index is 0.0700. The van der Waals surface area contributed by atoms with E-state index in [0.29, 0.717) is 47.3 Å². The van der Waals surface area contributed by atoms with Crippen LogP contribution in [0.15, 0.2) is 40.9 Å². The fourth-order valence-corrected chi connectivity index (χ4v) is 5.89. The van der Waals surface area contributed by atoms with Crippen LogP contribution < -0.4 is 14.8 Å². The number of halogens is 4. The molecular formula is C31H27BrClF2N3O3. The highest BCUT2D eigenvalue weighted by Gasteiger charge is 2.36. The van der Waals surface area contributed by atoms with Gasteiger partial charge in [0.2, 0.25) is 0 Å². The Morgan fingerprint density at radius 2 is 1.95 bits per heavy atom. The minimum Gasteiger partial charge on any atom is -0.494 e. The monoisotopic (exact) mass is 641 g/mol. The maximum atomic E-state index is 15.0. The predicted molar refractivity (Wildman–Crippen MR) is 157 cm³/mol. The summed E-state index contributed by atoms with van der Waals surface area (Å²) in [6.07, 6.45) is 2.00. The van der Waals surface area contributed by atoms with Crippen LogP contribution >= 0.6 is 27.5 Å². The zero-order valence-corrected chi connectivity index (χ0v) is 25.0. The van der Waals surface area contributed by atoms with E-state index >= 15 is 0 Å². The van der Waals surface area contributed by atoms with Crippen molar-refractivity contribution in [2.75, 3.05) is 20.3 Å². The number of methoxy groups -OCH3 is 1. The highest BCUT2D eigenvalue weighted by molar-refractivity contribution is 9.10. The molecule has 0 radical (unpaired) electrons. The second-order valence-electron chi connectivity index (χ2n) is 10.7. The van der Waals surface area contributed by atoms with Gasteiger partial charge in [0, 0.05) is 56.7 Å². The first kappa shape index (κ1) is 27.8.